The number of carbonyl (C=O) groups excluding carboxylic acids is 2. The molecule has 0 spiro atoms. The van der Waals surface area contributed by atoms with E-state index in [-0.39, 0.29) is 12.8 Å². The highest BCUT2D eigenvalue weighted by atomic mass is 16.7. The number of hydrogen-bond donors (Lipinski definition) is 3. The fraction of sp³-hybridized carbons (Fsp3) is 0.600. The molecule has 12 heavy (non-hydrogen) atoms. The summed E-state index contributed by atoms with van der Waals surface area (Å²) in [6.45, 7) is 0. The zero-order chi connectivity index (χ0) is 9.56. The Balaban J connectivity index is 3.63. The van der Waals surface area contributed by atoms with Crippen molar-refractivity contribution in [3.8, 4) is 0 Å². The molecular weight excluding hydrogens is 166 g/mol. The van der Waals surface area contributed by atoms with Gasteiger partial charge in [0.25, 0.3) is 0 Å². The summed E-state index contributed by atoms with van der Waals surface area (Å²) < 4.78 is 0. The van der Waals surface area contributed by atoms with Crippen molar-refractivity contribution in [2.75, 3.05) is 0 Å². The van der Waals surface area contributed by atoms with E-state index in [0.29, 0.717) is 0 Å². The average Bonchev–Trinajstić information content (AvgIpc) is 2.11. The van der Waals surface area contributed by atoms with Crippen LogP contribution in [0.25, 0.3) is 0 Å². The van der Waals surface area contributed by atoms with E-state index in [1.54, 1.807) is 0 Å². The first-order valence-corrected chi connectivity index (χ1v) is 3.17. The van der Waals surface area contributed by atoms with Crippen molar-refractivity contribution in [3.05, 3.63) is 0 Å². The Hall–Kier alpha value is -1.18. The molecule has 0 saturated heterocycles. The second-order valence-corrected chi connectivity index (χ2v) is 2.07. The van der Waals surface area contributed by atoms with Crippen LogP contribution >= 0.6 is 0 Å². The third-order valence-electron chi connectivity index (χ3n) is 1.21. The van der Waals surface area contributed by atoms with E-state index in [2.05, 4.69) is 21.5 Å². The van der Waals surface area contributed by atoms with Crippen LogP contribution in [0.4, 0.5) is 0 Å². The van der Waals surface area contributed by atoms with E-state index < -0.39 is 18.0 Å². The summed E-state index contributed by atoms with van der Waals surface area (Å²) in [5.41, 5.74) is 5.23. The van der Waals surface area contributed by atoms with Gasteiger partial charge in [0, 0.05) is 6.42 Å². The Morgan fingerprint density at radius 1 is 1.25 bits per heavy atom. The van der Waals surface area contributed by atoms with E-state index in [1.807, 2.05) is 0 Å². The van der Waals surface area contributed by atoms with E-state index >= 15 is 0 Å². The summed E-state index contributed by atoms with van der Waals surface area (Å²) in [5, 5.41) is 0. The monoisotopic (exact) mass is 177 g/mol. The molecule has 1 atom stereocenters. The maximum atomic E-state index is 10.6. The smallest absolute Gasteiger partial charge is 0.341 e. The van der Waals surface area contributed by atoms with E-state index in [9.17, 15) is 9.59 Å². The fourth-order valence-electron chi connectivity index (χ4n) is 0.538. The van der Waals surface area contributed by atoms with Gasteiger partial charge in [-0.1, -0.05) is 0 Å². The van der Waals surface area contributed by atoms with Crippen molar-refractivity contribution < 1.29 is 19.3 Å². The molecule has 0 radical (unpaired) electrons. The van der Waals surface area contributed by atoms with Crippen LogP contribution in [0.2, 0.25) is 0 Å². The third-order valence-corrected chi connectivity index (χ3v) is 1.21. The van der Waals surface area contributed by atoms with E-state index in [4.69, 9.17) is 5.73 Å². The lowest BCUT2D eigenvalue weighted by atomic mass is 10.2. The van der Waals surface area contributed by atoms with E-state index in [1.165, 1.54) is 0 Å². The topological polar surface area (TPSA) is 131 Å². The second-order valence-electron chi connectivity index (χ2n) is 2.07. The van der Waals surface area contributed by atoms with Crippen LogP contribution in [-0.2, 0) is 19.3 Å². The quantitative estimate of drug-likeness (QED) is 0.420. The maximum Gasteiger partial charge on any atom is 0.341 e. The summed E-state index contributed by atoms with van der Waals surface area (Å²) >= 11 is 0. The lowest BCUT2D eigenvalue weighted by Crippen LogP contribution is -2.34. The molecule has 0 aromatic carbocycles. The Morgan fingerprint density at radius 2 is 1.83 bits per heavy atom. The lowest BCUT2D eigenvalue weighted by molar-refractivity contribution is -0.147. The molecule has 7 nitrogen and oxygen atoms in total. The van der Waals surface area contributed by atoms with Crippen molar-refractivity contribution in [2.24, 2.45) is 17.5 Å². The summed E-state index contributed by atoms with van der Waals surface area (Å²) in [7, 11) is 0. The van der Waals surface area contributed by atoms with Crippen LogP contribution in [-0.4, -0.2) is 18.0 Å². The molecule has 6 N–H and O–H groups in total. The first-order valence-electron chi connectivity index (χ1n) is 3.17. The van der Waals surface area contributed by atoms with Gasteiger partial charge in [0.1, 0.15) is 6.04 Å². The predicted molar refractivity (Wildman–Crippen MR) is 37.8 cm³/mol. The number of nitrogens with two attached hydrogens (primary N) is 3. The molecule has 0 aliphatic rings. The van der Waals surface area contributed by atoms with Crippen LogP contribution in [0.1, 0.15) is 12.8 Å². The summed E-state index contributed by atoms with van der Waals surface area (Å²) in [4.78, 5) is 28.7. The molecule has 0 heterocycles. The summed E-state index contributed by atoms with van der Waals surface area (Å²) in [6, 6.07) is -0.922. The van der Waals surface area contributed by atoms with Gasteiger partial charge in [-0.2, -0.15) is 11.8 Å². The van der Waals surface area contributed by atoms with Gasteiger partial charge in [-0.25, -0.2) is 4.79 Å². The van der Waals surface area contributed by atoms with Crippen LogP contribution < -0.4 is 17.5 Å². The highest BCUT2D eigenvalue weighted by Crippen LogP contribution is 1.96. The molecule has 0 fully saturated rings. The van der Waals surface area contributed by atoms with Crippen molar-refractivity contribution in [3.63, 3.8) is 0 Å². The van der Waals surface area contributed by atoms with Gasteiger partial charge < -0.3 is 15.4 Å². The molecule has 0 saturated carbocycles. The fourth-order valence-corrected chi connectivity index (χ4v) is 0.538. The molecule has 0 amide bonds. The Morgan fingerprint density at radius 3 is 2.25 bits per heavy atom. The van der Waals surface area contributed by atoms with Crippen molar-refractivity contribution in [1.29, 1.82) is 0 Å². The largest absolute Gasteiger partial charge is 0.373 e. The van der Waals surface area contributed by atoms with Gasteiger partial charge in [0.15, 0.2) is 0 Å². The van der Waals surface area contributed by atoms with Crippen molar-refractivity contribution >= 4 is 11.9 Å². The van der Waals surface area contributed by atoms with Gasteiger partial charge >= 0.3 is 11.9 Å². The number of carbonyl (C=O) groups is 2. The lowest BCUT2D eigenvalue weighted by Gasteiger charge is -2.05. The van der Waals surface area contributed by atoms with Crippen molar-refractivity contribution in [1.82, 2.24) is 0 Å². The Bertz CT molecular complexity index is 172. The minimum absolute atomic E-state index is 0.0488. The summed E-state index contributed by atoms with van der Waals surface area (Å²) in [5.74, 6) is 7.66. The van der Waals surface area contributed by atoms with E-state index in [0.717, 1.165) is 0 Å². The molecule has 0 aliphatic carbocycles. The first-order chi connectivity index (χ1) is 5.61. The van der Waals surface area contributed by atoms with Crippen molar-refractivity contribution in [2.45, 2.75) is 18.9 Å². The standard InChI is InChI=1S/C5H11N3O4/c6-3(5(10)12-8)1-2-4(9)11-7/h3H,1-2,6-8H2/t3-/m1/s1. The third kappa shape index (κ3) is 3.86. The summed E-state index contributed by atoms with van der Waals surface area (Å²) in [6.07, 6.45) is 0.0405. The molecule has 7 heteroatoms. The average molecular weight is 177 g/mol. The molecular formula is C5H11N3O4. The minimum Gasteiger partial charge on any atom is -0.373 e. The number of hydrogen-bond acceptors (Lipinski definition) is 7. The molecule has 0 aromatic heterocycles. The molecule has 0 aliphatic heterocycles. The molecule has 0 aromatic rings. The first kappa shape index (κ1) is 10.8. The SMILES string of the molecule is NOC(=O)CC[C@@H](N)C(=O)ON. The van der Waals surface area contributed by atoms with Gasteiger partial charge in [0.2, 0.25) is 0 Å². The molecule has 0 unspecified atom stereocenters. The Labute approximate surface area is 68.7 Å². The normalized spacial score (nSPS) is 11.9. The zero-order valence-corrected chi connectivity index (χ0v) is 6.36. The molecule has 70 valence electrons. The van der Waals surface area contributed by atoms with Crippen LogP contribution in [0.5, 0.6) is 0 Å². The van der Waals surface area contributed by atoms with Gasteiger partial charge in [-0.3, -0.25) is 4.79 Å². The van der Waals surface area contributed by atoms with Gasteiger partial charge in [-0.15, -0.1) is 0 Å². The highest BCUT2D eigenvalue weighted by Gasteiger charge is 2.15. The van der Waals surface area contributed by atoms with Crippen LogP contribution in [0.3, 0.4) is 0 Å². The predicted octanol–water partition coefficient (Wildman–Crippen LogP) is -2.07. The molecule has 0 rings (SSSR count). The molecule has 0 bridgehead atoms. The minimum atomic E-state index is -0.922. The van der Waals surface area contributed by atoms with Gasteiger partial charge in [-0.05, 0) is 6.42 Å². The van der Waals surface area contributed by atoms with Crippen LogP contribution in [0.15, 0.2) is 0 Å². The highest BCUT2D eigenvalue weighted by molar-refractivity contribution is 5.76. The zero-order valence-electron chi connectivity index (χ0n) is 6.36. The maximum absolute atomic E-state index is 10.6. The Kier molecular flexibility index (Phi) is 4.93. The van der Waals surface area contributed by atoms with Gasteiger partial charge in [0.05, 0.1) is 0 Å². The number of rotatable bonds is 4. The second kappa shape index (κ2) is 5.47. The van der Waals surface area contributed by atoms with Crippen LogP contribution in [0, 0.1) is 0 Å².